The molecule has 1 spiro atoms. The highest BCUT2D eigenvalue weighted by Gasteiger charge is 2.46. The predicted molar refractivity (Wildman–Crippen MR) is 114 cm³/mol. The Labute approximate surface area is 181 Å². The summed E-state index contributed by atoms with van der Waals surface area (Å²) >= 11 is 0. The summed E-state index contributed by atoms with van der Waals surface area (Å²) in [4.78, 5) is 27.3. The van der Waals surface area contributed by atoms with E-state index in [0.29, 0.717) is 25.9 Å². The van der Waals surface area contributed by atoms with Crippen molar-refractivity contribution in [1.29, 1.82) is 0 Å². The minimum atomic E-state index is -3.10. The van der Waals surface area contributed by atoms with E-state index in [1.165, 1.54) is 11.1 Å². The average molecular weight is 430 g/mol. The molecule has 1 aromatic carbocycles. The molecule has 7 heteroatoms. The van der Waals surface area contributed by atoms with E-state index in [0.717, 1.165) is 32.6 Å². The molecule has 1 heterocycles. The van der Waals surface area contributed by atoms with Gasteiger partial charge in [-0.15, -0.1) is 6.42 Å². The molecule has 1 saturated heterocycles. The van der Waals surface area contributed by atoms with Crippen LogP contribution in [0.2, 0.25) is 0 Å². The highest BCUT2D eigenvalue weighted by molar-refractivity contribution is 5.88. The van der Waals surface area contributed by atoms with Gasteiger partial charge in [-0.1, -0.05) is 30.2 Å². The number of benzene rings is 1. The van der Waals surface area contributed by atoms with Crippen LogP contribution in [-0.4, -0.2) is 47.4 Å². The number of fused-ring (bicyclic) bond motifs is 2. The number of carbonyl (C=O) groups is 2. The Balaban J connectivity index is 1.46. The molecule has 2 fully saturated rings. The Bertz CT molecular complexity index is 916. The van der Waals surface area contributed by atoms with Crippen LogP contribution >= 0.6 is 0 Å². The van der Waals surface area contributed by atoms with Gasteiger partial charge in [0.15, 0.2) is 0 Å². The fraction of sp³-hybridized carbons (Fsp3) is 0.583. The highest BCUT2D eigenvalue weighted by atomic mass is 19.3. The Hall–Kier alpha value is -2.62. The summed E-state index contributed by atoms with van der Waals surface area (Å²) in [6, 6.07) is 6.52. The Morgan fingerprint density at radius 1 is 1.26 bits per heavy atom. The monoisotopic (exact) mass is 429 g/mol. The summed E-state index contributed by atoms with van der Waals surface area (Å²) in [5.74, 6) is -1.24. The lowest BCUT2D eigenvalue weighted by atomic mass is 9.69. The van der Waals surface area contributed by atoms with Crippen molar-refractivity contribution >= 4 is 11.9 Å². The minimum Gasteiger partial charge on any atom is -0.338 e. The standard InChI is InChI=1S/C24H29F2N3O2/c1-3-24(11-12-24)28-20(30)19(15-22(2,25)26)27-21(31)29-14-13-23(16-29)10-6-8-17-7-4-5-9-18(17)23/h1,4-5,7,9,19H,6,8,10-16H2,2H3,(H,27,31)(H,28,30)/t19-,23?/m0/s1. The third-order valence-electron chi connectivity index (χ3n) is 6.90. The number of hydrogen-bond acceptors (Lipinski definition) is 2. The number of nitrogens with one attached hydrogen (secondary N) is 2. The van der Waals surface area contributed by atoms with Crippen LogP contribution in [0.25, 0.3) is 0 Å². The molecule has 166 valence electrons. The van der Waals surface area contributed by atoms with E-state index >= 15 is 0 Å². The molecule has 2 N–H and O–H groups in total. The van der Waals surface area contributed by atoms with E-state index in [4.69, 9.17) is 6.42 Å². The largest absolute Gasteiger partial charge is 0.338 e. The average Bonchev–Trinajstić information content (AvgIpc) is 3.37. The van der Waals surface area contributed by atoms with Crippen molar-refractivity contribution < 1.29 is 18.4 Å². The molecule has 31 heavy (non-hydrogen) atoms. The number of urea groups is 1. The molecule has 0 bridgehead atoms. The maximum Gasteiger partial charge on any atom is 0.318 e. The molecular weight excluding hydrogens is 400 g/mol. The van der Waals surface area contributed by atoms with Crippen molar-refractivity contribution in [3.63, 3.8) is 0 Å². The number of halogens is 2. The maximum absolute atomic E-state index is 13.8. The van der Waals surface area contributed by atoms with Crippen molar-refractivity contribution in [3.05, 3.63) is 35.4 Å². The summed E-state index contributed by atoms with van der Waals surface area (Å²) in [6.07, 6.45) is 9.85. The molecule has 1 unspecified atom stereocenters. The molecule has 5 nitrogen and oxygen atoms in total. The van der Waals surface area contributed by atoms with E-state index < -0.39 is 35.9 Å². The first kappa shape index (κ1) is 21.6. The Morgan fingerprint density at radius 3 is 2.68 bits per heavy atom. The summed E-state index contributed by atoms with van der Waals surface area (Å²) in [5.41, 5.74) is 1.76. The maximum atomic E-state index is 13.8. The molecule has 1 aliphatic heterocycles. The van der Waals surface area contributed by atoms with Gasteiger partial charge in [-0.2, -0.15) is 0 Å². The molecule has 0 radical (unpaired) electrons. The number of rotatable bonds is 5. The first-order chi connectivity index (χ1) is 14.7. The van der Waals surface area contributed by atoms with Crippen LogP contribution in [-0.2, 0) is 16.6 Å². The van der Waals surface area contributed by atoms with Crippen molar-refractivity contribution in [2.24, 2.45) is 0 Å². The fourth-order valence-corrected chi connectivity index (χ4v) is 5.04. The van der Waals surface area contributed by atoms with E-state index in [9.17, 15) is 18.4 Å². The second-order valence-electron chi connectivity index (χ2n) is 9.45. The number of likely N-dealkylation sites (tertiary alicyclic amines) is 1. The van der Waals surface area contributed by atoms with E-state index in [1.807, 2.05) is 12.1 Å². The van der Waals surface area contributed by atoms with Crippen LogP contribution < -0.4 is 10.6 Å². The van der Waals surface area contributed by atoms with Gasteiger partial charge in [0.05, 0.1) is 0 Å². The van der Waals surface area contributed by atoms with Gasteiger partial charge in [0.25, 0.3) is 0 Å². The number of alkyl halides is 2. The summed E-state index contributed by atoms with van der Waals surface area (Å²) in [7, 11) is 0. The van der Waals surface area contributed by atoms with Crippen LogP contribution in [0.1, 0.15) is 56.6 Å². The lowest BCUT2D eigenvalue weighted by Gasteiger charge is -2.36. The molecule has 4 rings (SSSR count). The zero-order valence-corrected chi connectivity index (χ0v) is 17.8. The van der Waals surface area contributed by atoms with Crippen molar-refractivity contribution in [2.75, 3.05) is 13.1 Å². The second-order valence-corrected chi connectivity index (χ2v) is 9.45. The zero-order chi connectivity index (χ0) is 22.3. The molecule has 3 amide bonds. The zero-order valence-electron chi connectivity index (χ0n) is 17.8. The number of aryl methyl sites for hydroxylation is 1. The van der Waals surface area contributed by atoms with Crippen LogP contribution in [0.3, 0.4) is 0 Å². The minimum absolute atomic E-state index is 0.0971. The molecule has 3 aliphatic rings. The van der Waals surface area contributed by atoms with E-state index in [-0.39, 0.29) is 5.41 Å². The van der Waals surface area contributed by atoms with E-state index in [2.05, 4.69) is 28.7 Å². The topological polar surface area (TPSA) is 61.4 Å². The lowest BCUT2D eigenvalue weighted by Crippen LogP contribution is -2.54. The van der Waals surface area contributed by atoms with Gasteiger partial charge in [-0.05, 0) is 56.6 Å². The Kier molecular flexibility index (Phi) is 5.45. The SMILES string of the molecule is C#CC1(NC(=O)[C@H](CC(C)(F)F)NC(=O)N2CCC3(CCCc4ccccc43)C2)CC1. The number of carbonyl (C=O) groups excluding carboxylic acids is 2. The lowest BCUT2D eigenvalue weighted by molar-refractivity contribution is -0.126. The Morgan fingerprint density at radius 2 is 2.00 bits per heavy atom. The fourth-order valence-electron chi connectivity index (χ4n) is 5.04. The van der Waals surface area contributed by atoms with Gasteiger partial charge >= 0.3 is 6.03 Å². The summed E-state index contributed by atoms with van der Waals surface area (Å²) in [5, 5.41) is 5.23. The molecule has 1 saturated carbocycles. The molecule has 2 aliphatic carbocycles. The van der Waals surface area contributed by atoms with Crippen molar-refractivity contribution in [3.8, 4) is 12.3 Å². The van der Waals surface area contributed by atoms with Crippen LogP contribution in [0.5, 0.6) is 0 Å². The first-order valence-electron chi connectivity index (χ1n) is 11.0. The summed E-state index contributed by atoms with van der Waals surface area (Å²) < 4.78 is 27.5. The molecule has 0 aromatic heterocycles. The van der Waals surface area contributed by atoms with Crippen LogP contribution in [0.15, 0.2) is 24.3 Å². The van der Waals surface area contributed by atoms with Gasteiger partial charge in [-0.25, -0.2) is 13.6 Å². The number of hydrogen-bond donors (Lipinski definition) is 2. The second kappa shape index (κ2) is 7.81. The normalized spacial score (nSPS) is 24.8. The van der Waals surface area contributed by atoms with Crippen LogP contribution in [0.4, 0.5) is 13.6 Å². The third kappa shape index (κ3) is 4.53. The van der Waals surface area contributed by atoms with Gasteiger partial charge < -0.3 is 15.5 Å². The highest BCUT2D eigenvalue weighted by Crippen LogP contribution is 2.44. The van der Waals surface area contributed by atoms with Crippen LogP contribution in [0, 0.1) is 12.3 Å². The summed E-state index contributed by atoms with van der Waals surface area (Å²) in [6.45, 7) is 1.81. The third-order valence-corrected chi connectivity index (χ3v) is 6.90. The van der Waals surface area contributed by atoms with Crippen molar-refractivity contribution in [1.82, 2.24) is 15.5 Å². The van der Waals surface area contributed by atoms with Crippen molar-refractivity contribution in [2.45, 2.75) is 74.8 Å². The molecule has 1 aromatic rings. The predicted octanol–water partition coefficient (Wildman–Crippen LogP) is 3.37. The van der Waals surface area contributed by atoms with Gasteiger partial charge in [0.1, 0.15) is 11.6 Å². The first-order valence-corrected chi connectivity index (χ1v) is 11.0. The number of nitrogens with zero attached hydrogens (tertiary/aromatic N) is 1. The quantitative estimate of drug-likeness (QED) is 0.705. The smallest absolute Gasteiger partial charge is 0.318 e. The van der Waals surface area contributed by atoms with Gasteiger partial charge in [0.2, 0.25) is 11.8 Å². The molecule has 2 atom stereocenters. The number of amides is 3. The number of terminal acetylenes is 1. The molecular formula is C24H29F2N3O2. The van der Waals surface area contributed by atoms with Gasteiger partial charge in [-0.3, -0.25) is 4.79 Å². The van der Waals surface area contributed by atoms with Gasteiger partial charge in [0, 0.05) is 24.9 Å². The van der Waals surface area contributed by atoms with E-state index in [1.54, 1.807) is 4.90 Å².